The van der Waals surface area contributed by atoms with Crippen LogP contribution in [0.3, 0.4) is 0 Å². The van der Waals surface area contributed by atoms with E-state index in [9.17, 15) is 40.9 Å². The number of phenolic OH excluding ortho intramolecular Hbond substituents is 2. The van der Waals surface area contributed by atoms with Crippen molar-refractivity contribution < 1.29 is 80.2 Å². The lowest BCUT2D eigenvalue weighted by Gasteiger charge is -2.44. The lowest BCUT2D eigenvalue weighted by molar-refractivity contribution is -0.384. The minimum absolute atomic E-state index is 0.00443. The first-order valence-corrected chi connectivity index (χ1v) is 11.8. The summed E-state index contributed by atoms with van der Waals surface area (Å²) in [7, 11) is 0. The SMILES string of the molecule is OCC1(O)O[C@H](Oc2ccc(O)cc2)C(O)[C@@H](O)[C@H]1O.OCC1(O)O[C@H](Oc2ccc(O)cc2)C(O)[C@@H](O)[C@H]1O. The maximum Gasteiger partial charge on any atom is 0.231 e. The summed E-state index contributed by atoms with van der Waals surface area (Å²) in [5.41, 5.74) is 0. The van der Waals surface area contributed by atoms with Gasteiger partial charge >= 0.3 is 0 Å². The molecule has 2 heterocycles. The van der Waals surface area contributed by atoms with Crippen molar-refractivity contribution in [2.45, 2.75) is 60.8 Å². The Kier molecular flexibility index (Phi) is 10.1. The number of rotatable bonds is 6. The molecule has 0 amide bonds. The van der Waals surface area contributed by atoms with E-state index < -0.39 is 74.0 Å². The second-order valence-corrected chi connectivity index (χ2v) is 9.05. The van der Waals surface area contributed by atoms with E-state index in [1.54, 1.807) is 0 Å². The van der Waals surface area contributed by atoms with Gasteiger partial charge in [-0.3, -0.25) is 0 Å². The van der Waals surface area contributed by atoms with E-state index in [1.165, 1.54) is 48.5 Å². The van der Waals surface area contributed by atoms with E-state index in [-0.39, 0.29) is 23.0 Å². The molecule has 2 aliphatic heterocycles. The molecule has 0 saturated carbocycles. The second kappa shape index (κ2) is 12.8. The molecule has 2 aromatic carbocycles. The third-order valence-corrected chi connectivity index (χ3v) is 6.10. The Bertz CT molecular complexity index is 984. The van der Waals surface area contributed by atoms with Gasteiger partial charge in [0.05, 0.1) is 13.2 Å². The van der Waals surface area contributed by atoms with E-state index in [4.69, 9.17) is 39.4 Å². The molecule has 0 radical (unpaired) electrons. The van der Waals surface area contributed by atoms with Gasteiger partial charge in [-0.1, -0.05) is 0 Å². The molecular formula is C24H32O16. The summed E-state index contributed by atoms with van der Waals surface area (Å²) < 4.78 is 20.3. The molecule has 10 atom stereocenters. The van der Waals surface area contributed by atoms with Gasteiger partial charge in [0.25, 0.3) is 0 Å². The Labute approximate surface area is 226 Å². The van der Waals surface area contributed by atoms with Gasteiger partial charge in [-0.15, -0.1) is 0 Å². The normalized spacial score (nSPS) is 37.6. The summed E-state index contributed by atoms with van der Waals surface area (Å²) >= 11 is 0. The molecule has 16 heteroatoms. The molecule has 40 heavy (non-hydrogen) atoms. The van der Waals surface area contributed by atoms with Crippen molar-refractivity contribution in [1.29, 1.82) is 0 Å². The molecule has 2 aromatic rings. The minimum Gasteiger partial charge on any atom is -0.508 e. The summed E-state index contributed by atoms with van der Waals surface area (Å²) in [6, 6.07) is 10.8. The highest BCUT2D eigenvalue weighted by Gasteiger charge is 2.54. The largest absolute Gasteiger partial charge is 0.508 e. The molecule has 0 bridgehead atoms. The van der Waals surface area contributed by atoms with E-state index in [2.05, 4.69) is 0 Å². The quantitative estimate of drug-likeness (QED) is 0.155. The van der Waals surface area contributed by atoms with Crippen molar-refractivity contribution in [1.82, 2.24) is 0 Å². The second-order valence-electron chi connectivity index (χ2n) is 9.05. The molecule has 0 spiro atoms. The molecule has 4 unspecified atom stereocenters. The number of hydrogen-bond acceptors (Lipinski definition) is 16. The van der Waals surface area contributed by atoms with Crippen LogP contribution in [0.1, 0.15) is 0 Å². The molecule has 0 aromatic heterocycles. The maximum absolute atomic E-state index is 9.82. The third kappa shape index (κ3) is 6.89. The molecule has 2 aliphatic rings. The first kappa shape index (κ1) is 31.7. The highest BCUT2D eigenvalue weighted by atomic mass is 16.8. The average molecular weight is 577 g/mol. The predicted molar refractivity (Wildman–Crippen MR) is 127 cm³/mol. The zero-order chi connectivity index (χ0) is 29.8. The minimum atomic E-state index is -2.44. The monoisotopic (exact) mass is 576 g/mol. The number of aromatic hydroxyl groups is 2. The van der Waals surface area contributed by atoms with Crippen LogP contribution in [0.25, 0.3) is 0 Å². The molecule has 4 rings (SSSR count). The van der Waals surface area contributed by atoms with Crippen LogP contribution in [0, 0.1) is 0 Å². The fraction of sp³-hybridized carbons (Fsp3) is 0.500. The smallest absolute Gasteiger partial charge is 0.231 e. The number of benzene rings is 2. The van der Waals surface area contributed by atoms with Gasteiger partial charge < -0.3 is 80.2 Å². The van der Waals surface area contributed by atoms with Gasteiger partial charge in [0.2, 0.25) is 24.2 Å². The van der Waals surface area contributed by atoms with Gasteiger partial charge in [0, 0.05) is 0 Å². The topological polar surface area (TPSA) is 280 Å². The predicted octanol–water partition coefficient (Wildman–Crippen LogP) is -4.22. The third-order valence-electron chi connectivity index (χ3n) is 6.10. The van der Waals surface area contributed by atoms with E-state index >= 15 is 0 Å². The Balaban J connectivity index is 0.000000220. The van der Waals surface area contributed by atoms with Gasteiger partial charge in [0.15, 0.2) is 0 Å². The summed E-state index contributed by atoms with van der Waals surface area (Å²) in [4.78, 5) is 0. The van der Waals surface area contributed by atoms with Crippen LogP contribution in [0.15, 0.2) is 48.5 Å². The van der Waals surface area contributed by atoms with Gasteiger partial charge in [-0.05, 0) is 48.5 Å². The highest BCUT2D eigenvalue weighted by Crippen LogP contribution is 2.31. The Morgan fingerprint density at radius 3 is 1.12 bits per heavy atom. The van der Waals surface area contributed by atoms with Crippen molar-refractivity contribution >= 4 is 0 Å². The van der Waals surface area contributed by atoms with Crippen molar-refractivity contribution in [2.24, 2.45) is 0 Å². The molecule has 2 saturated heterocycles. The fourth-order valence-electron chi connectivity index (χ4n) is 3.68. The lowest BCUT2D eigenvalue weighted by Crippen LogP contribution is -2.67. The van der Waals surface area contributed by atoms with Crippen LogP contribution < -0.4 is 9.47 Å². The Morgan fingerprint density at radius 1 is 0.550 bits per heavy atom. The van der Waals surface area contributed by atoms with Crippen LogP contribution in [-0.4, -0.2) is 135 Å². The number of hydrogen-bond donors (Lipinski definition) is 12. The maximum atomic E-state index is 9.82. The summed E-state index contributed by atoms with van der Waals surface area (Å²) in [5, 5.41) is 114. The molecule has 224 valence electrons. The Hall–Kier alpha value is -2.84. The van der Waals surface area contributed by atoms with Gasteiger partial charge in [-0.2, -0.15) is 0 Å². The van der Waals surface area contributed by atoms with Gasteiger partial charge in [-0.25, -0.2) is 0 Å². The summed E-state index contributed by atoms with van der Waals surface area (Å²) in [6.07, 6.45) is -13.6. The molecule has 2 fully saturated rings. The van der Waals surface area contributed by atoms with E-state index in [0.29, 0.717) is 0 Å². The van der Waals surface area contributed by atoms with E-state index in [1.807, 2.05) is 0 Å². The number of aliphatic hydroxyl groups excluding tert-OH is 8. The van der Waals surface area contributed by atoms with Crippen LogP contribution in [0.5, 0.6) is 23.0 Å². The van der Waals surface area contributed by atoms with Gasteiger partial charge in [0.1, 0.15) is 59.6 Å². The summed E-state index contributed by atoms with van der Waals surface area (Å²) in [5.74, 6) is -4.50. The zero-order valence-electron chi connectivity index (χ0n) is 20.7. The molecular weight excluding hydrogens is 544 g/mol. The van der Waals surface area contributed by atoms with Crippen LogP contribution >= 0.6 is 0 Å². The van der Waals surface area contributed by atoms with E-state index in [0.717, 1.165) is 0 Å². The van der Waals surface area contributed by atoms with Crippen molar-refractivity contribution in [3.05, 3.63) is 48.5 Å². The molecule has 12 N–H and O–H groups in total. The lowest BCUT2D eigenvalue weighted by atomic mass is 9.96. The first-order chi connectivity index (χ1) is 18.7. The highest BCUT2D eigenvalue weighted by molar-refractivity contribution is 5.31. The number of aliphatic hydroxyl groups is 10. The zero-order valence-corrected chi connectivity index (χ0v) is 20.7. The average Bonchev–Trinajstić information content (AvgIpc) is 2.95. The first-order valence-electron chi connectivity index (χ1n) is 11.8. The molecule has 16 nitrogen and oxygen atoms in total. The van der Waals surface area contributed by atoms with Crippen molar-refractivity contribution in [2.75, 3.05) is 13.2 Å². The Morgan fingerprint density at radius 2 is 0.850 bits per heavy atom. The van der Waals surface area contributed by atoms with Crippen molar-refractivity contribution in [3.63, 3.8) is 0 Å². The number of phenols is 2. The van der Waals surface area contributed by atoms with Crippen LogP contribution in [0.2, 0.25) is 0 Å². The van der Waals surface area contributed by atoms with Crippen LogP contribution in [0.4, 0.5) is 0 Å². The molecule has 0 aliphatic carbocycles. The van der Waals surface area contributed by atoms with Crippen LogP contribution in [-0.2, 0) is 9.47 Å². The number of ether oxygens (including phenoxy) is 4. The standard InChI is InChI=1S/2C12H16O8/c2*13-5-12(18)10(17)8(15)9(16)11(20-12)19-7-3-1-6(14)2-4-7/h2*1-4,8-11,13-18H,5H2/t2*8-,9?,10-,11+,12?/m11/s1. The fourth-order valence-corrected chi connectivity index (χ4v) is 3.68. The summed E-state index contributed by atoms with van der Waals surface area (Å²) in [6.45, 7) is -1.99. The van der Waals surface area contributed by atoms with Crippen molar-refractivity contribution in [3.8, 4) is 23.0 Å².